The van der Waals surface area contributed by atoms with Gasteiger partial charge in [0.1, 0.15) is 12.4 Å². The standard InChI is InChI=1S/C22H26ClN3O4/c1-29-15-21(27)26(13-16-5-3-9-24-12-16)18-6-4-10-25(14-18)22(28)19-11-17(23)7-8-20(19)30-2/h3,5,7-9,11-12,18H,4,6,10,13-15H2,1-2H3. The molecule has 2 heterocycles. The molecule has 8 heteroatoms. The fraction of sp³-hybridized carbons (Fsp3) is 0.409. The summed E-state index contributed by atoms with van der Waals surface area (Å²) >= 11 is 6.10. The molecule has 1 atom stereocenters. The minimum Gasteiger partial charge on any atom is -0.496 e. The number of piperidine rings is 1. The van der Waals surface area contributed by atoms with Crippen molar-refractivity contribution in [2.75, 3.05) is 33.9 Å². The first-order valence-corrected chi connectivity index (χ1v) is 10.2. The van der Waals surface area contributed by atoms with Crippen LogP contribution in [0.25, 0.3) is 0 Å². The first-order chi connectivity index (χ1) is 14.5. The number of pyridine rings is 1. The highest BCUT2D eigenvalue weighted by atomic mass is 35.5. The predicted molar refractivity (Wildman–Crippen MR) is 114 cm³/mol. The Kier molecular flexibility index (Phi) is 7.65. The second kappa shape index (κ2) is 10.4. The first kappa shape index (κ1) is 22.1. The Morgan fingerprint density at radius 2 is 2.13 bits per heavy atom. The van der Waals surface area contributed by atoms with E-state index < -0.39 is 0 Å². The van der Waals surface area contributed by atoms with E-state index in [0.717, 1.165) is 18.4 Å². The summed E-state index contributed by atoms with van der Waals surface area (Å²) in [6, 6.07) is 8.66. The molecular weight excluding hydrogens is 406 g/mol. The number of likely N-dealkylation sites (tertiary alicyclic amines) is 1. The molecule has 1 fully saturated rings. The number of methoxy groups -OCH3 is 2. The topological polar surface area (TPSA) is 72.0 Å². The molecule has 0 spiro atoms. The second-order valence-electron chi connectivity index (χ2n) is 7.21. The summed E-state index contributed by atoms with van der Waals surface area (Å²) in [5.74, 6) is 0.217. The van der Waals surface area contributed by atoms with Crippen molar-refractivity contribution in [2.45, 2.75) is 25.4 Å². The zero-order chi connectivity index (χ0) is 21.5. The monoisotopic (exact) mass is 431 g/mol. The highest BCUT2D eigenvalue weighted by Crippen LogP contribution is 2.26. The molecule has 1 saturated heterocycles. The van der Waals surface area contributed by atoms with E-state index >= 15 is 0 Å². The third-order valence-electron chi connectivity index (χ3n) is 5.18. The molecule has 0 saturated carbocycles. The molecule has 3 rings (SSSR count). The van der Waals surface area contributed by atoms with Crippen LogP contribution in [0.5, 0.6) is 5.75 Å². The number of benzene rings is 1. The molecule has 7 nitrogen and oxygen atoms in total. The van der Waals surface area contributed by atoms with Crippen LogP contribution in [0.2, 0.25) is 5.02 Å². The van der Waals surface area contributed by atoms with Gasteiger partial charge in [-0.05, 0) is 42.7 Å². The summed E-state index contributed by atoms with van der Waals surface area (Å²) < 4.78 is 10.4. The van der Waals surface area contributed by atoms with Gasteiger partial charge in [0.15, 0.2) is 0 Å². The van der Waals surface area contributed by atoms with E-state index in [9.17, 15) is 9.59 Å². The summed E-state index contributed by atoms with van der Waals surface area (Å²) in [6.45, 7) is 1.46. The average molecular weight is 432 g/mol. The van der Waals surface area contributed by atoms with Crippen molar-refractivity contribution in [1.29, 1.82) is 0 Å². The van der Waals surface area contributed by atoms with Gasteiger partial charge in [0.25, 0.3) is 5.91 Å². The van der Waals surface area contributed by atoms with Crippen LogP contribution < -0.4 is 4.74 Å². The Morgan fingerprint density at radius 1 is 1.30 bits per heavy atom. The Bertz CT molecular complexity index is 878. The fourth-order valence-corrected chi connectivity index (χ4v) is 3.90. The zero-order valence-electron chi connectivity index (χ0n) is 17.2. The Balaban J connectivity index is 1.80. The lowest BCUT2D eigenvalue weighted by atomic mass is 10.0. The van der Waals surface area contributed by atoms with E-state index in [1.54, 1.807) is 40.4 Å². The van der Waals surface area contributed by atoms with Gasteiger partial charge >= 0.3 is 0 Å². The van der Waals surface area contributed by atoms with Crippen LogP contribution in [-0.2, 0) is 16.1 Å². The van der Waals surface area contributed by atoms with Gasteiger partial charge in [-0.15, -0.1) is 0 Å². The number of carbonyl (C=O) groups excluding carboxylic acids is 2. The van der Waals surface area contributed by atoms with Crippen molar-refractivity contribution in [1.82, 2.24) is 14.8 Å². The third kappa shape index (κ3) is 5.29. The minimum absolute atomic E-state index is 0.00712. The molecule has 2 aromatic rings. The van der Waals surface area contributed by atoms with Gasteiger partial charge in [-0.1, -0.05) is 17.7 Å². The SMILES string of the molecule is COCC(=O)N(Cc1cccnc1)C1CCCN(C(=O)c2cc(Cl)ccc2OC)C1. The van der Waals surface area contributed by atoms with Crippen LogP contribution in [0, 0.1) is 0 Å². The van der Waals surface area contributed by atoms with E-state index in [0.29, 0.717) is 36.0 Å². The highest BCUT2D eigenvalue weighted by molar-refractivity contribution is 6.31. The summed E-state index contributed by atoms with van der Waals surface area (Å²) in [6.07, 6.45) is 5.05. The van der Waals surface area contributed by atoms with Crippen LogP contribution in [-0.4, -0.2) is 66.6 Å². The number of amides is 2. The highest BCUT2D eigenvalue weighted by Gasteiger charge is 2.32. The quantitative estimate of drug-likeness (QED) is 0.673. The summed E-state index contributed by atoms with van der Waals surface area (Å²) in [7, 11) is 3.03. The molecule has 0 bridgehead atoms. The molecule has 1 aliphatic rings. The van der Waals surface area contributed by atoms with Crippen molar-refractivity contribution >= 4 is 23.4 Å². The van der Waals surface area contributed by atoms with E-state index in [1.807, 2.05) is 12.1 Å². The molecule has 30 heavy (non-hydrogen) atoms. The van der Waals surface area contributed by atoms with Gasteiger partial charge in [-0.2, -0.15) is 0 Å². The van der Waals surface area contributed by atoms with Gasteiger partial charge in [0.05, 0.1) is 12.7 Å². The maximum absolute atomic E-state index is 13.2. The number of halogens is 1. The number of aromatic nitrogens is 1. The number of rotatable bonds is 7. The molecule has 1 aromatic carbocycles. The molecule has 0 aliphatic carbocycles. The number of ether oxygens (including phenoxy) is 2. The molecule has 160 valence electrons. The van der Waals surface area contributed by atoms with E-state index in [4.69, 9.17) is 21.1 Å². The van der Waals surface area contributed by atoms with Crippen LogP contribution in [0.3, 0.4) is 0 Å². The van der Waals surface area contributed by atoms with Crippen molar-refractivity contribution in [3.63, 3.8) is 0 Å². The van der Waals surface area contributed by atoms with Crippen LogP contribution in [0.1, 0.15) is 28.8 Å². The number of hydrogen-bond donors (Lipinski definition) is 0. The average Bonchev–Trinajstić information content (AvgIpc) is 2.78. The number of hydrogen-bond acceptors (Lipinski definition) is 5. The molecule has 0 radical (unpaired) electrons. The summed E-state index contributed by atoms with van der Waals surface area (Å²) in [5.41, 5.74) is 1.36. The maximum atomic E-state index is 13.2. The lowest BCUT2D eigenvalue weighted by Crippen LogP contribution is -2.52. The van der Waals surface area contributed by atoms with Crippen molar-refractivity contribution < 1.29 is 19.1 Å². The second-order valence-corrected chi connectivity index (χ2v) is 7.64. The first-order valence-electron chi connectivity index (χ1n) is 9.83. The third-order valence-corrected chi connectivity index (χ3v) is 5.42. The number of carbonyl (C=O) groups is 2. The summed E-state index contributed by atoms with van der Waals surface area (Å²) in [4.78, 5) is 33.7. The van der Waals surface area contributed by atoms with Gasteiger partial charge in [-0.3, -0.25) is 14.6 Å². The normalized spacial score (nSPS) is 16.2. The Hall–Kier alpha value is -2.64. The van der Waals surface area contributed by atoms with E-state index in [1.165, 1.54) is 14.2 Å². The van der Waals surface area contributed by atoms with Gasteiger partial charge in [0, 0.05) is 50.2 Å². The largest absolute Gasteiger partial charge is 0.496 e. The van der Waals surface area contributed by atoms with Crippen molar-refractivity contribution in [2.24, 2.45) is 0 Å². The fourth-order valence-electron chi connectivity index (χ4n) is 3.73. The van der Waals surface area contributed by atoms with Gasteiger partial charge in [-0.25, -0.2) is 0 Å². The molecule has 0 N–H and O–H groups in total. The van der Waals surface area contributed by atoms with Gasteiger partial charge in [0.2, 0.25) is 5.91 Å². The summed E-state index contributed by atoms with van der Waals surface area (Å²) in [5, 5.41) is 0.473. The van der Waals surface area contributed by atoms with Crippen LogP contribution in [0.15, 0.2) is 42.7 Å². The molecule has 2 amide bonds. The number of nitrogens with zero attached hydrogens (tertiary/aromatic N) is 3. The van der Waals surface area contributed by atoms with E-state index in [-0.39, 0.29) is 24.5 Å². The minimum atomic E-state index is -0.153. The molecular formula is C22H26ClN3O4. The maximum Gasteiger partial charge on any atom is 0.257 e. The van der Waals surface area contributed by atoms with Crippen LogP contribution in [0.4, 0.5) is 0 Å². The van der Waals surface area contributed by atoms with E-state index in [2.05, 4.69) is 4.98 Å². The molecule has 1 unspecified atom stereocenters. The predicted octanol–water partition coefficient (Wildman–Crippen LogP) is 3.02. The van der Waals surface area contributed by atoms with Crippen molar-refractivity contribution in [3.8, 4) is 5.75 Å². The van der Waals surface area contributed by atoms with Gasteiger partial charge < -0.3 is 19.3 Å². The Morgan fingerprint density at radius 3 is 2.83 bits per heavy atom. The molecule has 1 aliphatic heterocycles. The Labute approximate surface area is 181 Å². The lowest BCUT2D eigenvalue weighted by Gasteiger charge is -2.39. The smallest absolute Gasteiger partial charge is 0.257 e. The molecule has 1 aromatic heterocycles. The zero-order valence-corrected chi connectivity index (χ0v) is 18.0. The lowest BCUT2D eigenvalue weighted by molar-refractivity contribution is -0.139. The van der Waals surface area contributed by atoms with Crippen LogP contribution >= 0.6 is 11.6 Å². The van der Waals surface area contributed by atoms with Crippen molar-refractivity contribution in [3.05, 3.63) is 58.9 Å².